The minimum atomic E-state index is -1.25. The van der Waals surface area contributed by atoms with E-state index < -0.39 is 18.1 Å². The fourth-order valence-electron chi connectivity index (χ4n) is 2.22. The normalized spacial score (nSPS) is 11.4. The topological polar surface area (TPSA) is 105 Å². The molecule has 7 nitrogen and oxygen atoms in total. The van der Waals surface area contributed by atoms with Crippen LogP contribution in [-0.2, 0) is 22.6 Å². The Hall–Kier alpha value is -3.22. The number of phenolic OH excluding ortho intramolecular Hbond substituents is 1. The summed E-state index contributed by atoms with van der Waals surface area (Å²) in [7, 11) is 1.40. The van der Waals surface area contributed by atoms with Crippen molar-refractivity contribution < 1.29 is 29.3 Å². The lowest BCUT2D eigenvalue weighted by Crippen LogP contribution is -2.42. The van der Waals surface area contributed by atoms with Crippen molar-refractivity contribution in [1.29, 1.82) is 0 Å². The van der Waals surface area contributed by atoms with Crippen molar-refractivity contribution in [3.05, 3.63) is 59.7 Å². The molecule has 0 saturated heterocycles. The van der Waals surface area contributed by atoms with Crippen LogP contribution in [0.15, 0.2) is 48.5 Å². The SMILES string of the molecule is COc1cccc(CC(NC(=O)OCc2ccccc2)C(=O)O)c1O. The van der Waals surface area contributed by atoms with E-state index >= 15 is 0 Å². The number of para-hydroxylation sites is 1. The van der Waals surface area contributed by atoms with E-state index in [-0.39, 0.29) is 24.5 Å². The first-order chi connectivity index (χ1) is 12.0. The summed E-state index contributed by atoms with van der Waals surface area (Å²) in [4.78, 5) is 23.2. The lowest BCUT2D eigenvalue weighted by Gasteiger charge is -2.16. The molecule has 0 saturated carbocycles. The molecule has 1 amide bonds. The summed E-state index contributed by atoms with van der Waals surface area (Å²) < 4.78 is 10.0. The Kier molecular flexibility index (Phi) is 6.22. The number of ether oxygens (including phenoxy) is 2. The fourth-order valence-corrected chi connectivity index (χ4v) is 2.22. The summed E-state index contributed by atoms with van der Waals surface area (Å²) in [6, 6.07) is 12.5. The second-order valence-electron chi connectivity index (χ2n) is 5.27. The zero-order valence-corrected chi connectivity index (χ0v) is 13.6. The van der Waals surface area contributed by atoms with Crippen LogP contribution in [0.4, 0.5) is 4.79 Å². The molecule has 1 unspecified atom stereocenters. The molecule has 0 aliphatic heterocycles. The highest BCUT2D eigenvalue weighted by molar-refractivity contribution is 5.80. The molecule has 2 rings (SSSR count). The Morgan fingerprint density at radius 3 is 2.48 bits per heavy atom. The summed E-state index contributed by atoms with van der Waals surface area (Å²) in [6.45, 7) is 0.0312. The van der Waals surface area contributed by atoms with Crippen molar-refractivity contribution in [2.24, 2.45) is 0 Å². The first-order valence-electron chi connectivity index (χ1n) is 7.56. The van der Waals surface area contributed by atoms with E-state index in [0.29, 0.717) is 5.56 Å². The summed E-state index contributed by atoms with van der Waals surface area (Å²) in [5.74, 6) is -1.16. The summed E-state index contributed by atoms with van der Waals surface area (Å²) in [6.07, 6.45) is -0.961. The smallest absolute Gasteiger partial charge is 0.408 e. The van der Waals surface area contributed by atoms with Gasteiger partial charge in [0.05, 0.1) is 7.11 Å². The second-order valence-corrected chi connectivity index (χ2v) is 5.27. The number of carboxylic acids is 1. The van der Waals surface area contributed by atoms with Gasteiger partial charge >= 0.3 is 12.1 Å². The number of benzene rings is 2. The van der Waals surface area contributed by atoms with Crippen molar-refractivity contribution in [3.63, 3.8) is 0 Å². The lowest BCUT2D eigenvalue weighted by molar-refractivity contribution is -0.139. The maximum absolute atomic E-state index is 11.8. The number of carbonyl (C=O) groups excluding carboxylic acids is 1. The number of rotatable bonds is 7. The third kappa shape index (κ3) is 5.13. The predicted octanol–water partition coefficient (Wildman–Crippen LogP) is 2.32. The Labute approximate surface area is 144 Å². The first kappa shape index (κ1) is 18.1. The Bertz CT molecular complexity index is 732. The number of nitrogens with one attached hydrogen (secondary N) is 1. The van der Waals surface area contributed by atoms with Crippen molar-refractivity contribution in [2.45, 2.75) is 19.1 Å². The molecule has 0 aliphatic rings. The predicted molar refractivity (Wildman–Crippen MR) is 89.5 cm³/mol. The molecular weight excluding hydrogens is 326 g/mol. The molecule has 0 aromatic heterocycles. The van der Waals surface area contributed by atoms with Crippen LogP contribution in [0.2, 0.25) is 0 Å². The average Bonchev–Trinajstić information content (AvgIpc) is 2.61. The fraction of sp³-hybridized carbons (Fsp3) is 0.222. The highest BCUT2D eigenvalue weighted by atomic mass is 16.5. The standard InChI is InChI=1S/C18H19NO6/c1-24-15-9-5-8-13(16(15)20)10-14(17(21)22)19-18(23)25-11-12-6-3-2-4-7-12/h2-9,14,20H,10-11H2,1H3,(H,19,23)(H,21,22). The summed E-state index contributed by atoms with van der Waals surface area (Å²) in [5, 5.41) is 21.6. The Morgan fingerprint density at radius 1 is 1.12 bits per heavy atom. The van der Waals surface area contributed by atoms with Gasteiger partial charge < -0.3 is 25.0 Å². The largest absolute Gasteiger partial charge is 0.504 e. The van der Waals surface area contributed by atoms with Crippen molar-refractivity contribution in [2.75, 3.05) is 7.11 Å². The van der Waals surface area contributed by atoms with Gasteiger partial charge in [-0.05, 0) is 11.6 Å². The lowest BCUT2D eigenvalue weighted by atomic mass is 10.0. The number of carboxylic acid groups (broad SMARTS) is 1. The third-order valence-corrected chi connectivity index (χ3v) is 3.53. The van der Waals surface area contributed by atoms with E-state index in [1.807, 2.05) is 18.2 Å². The number of amides is 1. The quantitative estimate of drug-likeness (QED) is 0.711. The Morgan fingerprint density at radius 2 is 1.84 bits per heavy atom. The molecule has 0 spiro atoms. The van der Waals surface area contributed by atoms with Gasteiger partial charge in [-0.25, -0.2) is 9.59 Å². The number of hydrogen-bond donors (Lipinski definition) is 3. The van der Waals surface area contributed by atoms with Crippen molar-refractivity contribution in [3.8, 4) is 11.5 Å². The van der Waals surface area contributed by atoms with Crippen molar-refractivity contribution >= 4 is 12.1 Å². The summed E-state index contributed by atoms with van der Waals surface area (Å²) >= 11 is 0. The monoisotopic (exact) mass is 345 g/mol. The zero-order valence-electron chi connectivity index (χ0n) is 13.6. The zero-order chi connectivity index (χ0) is 18.2. The molecule has 132 valence electrons. The highest BCUT2D eigenvalue weighted by Crippen LogP contribution is 2.30. The van der Waals surface area contributed by atoms with Gasteiger partial charge in [0, 0.05) is 12.0 Å². The van der Waals surface area contributed by atoms with Gasteiger partial charge in [0.25, 0.3) is 0 Å². The minimum absolute atomic E-state index is 0.0312. The van der Waals surface area contributed by atoms with Gasteiger partial charge in [0.1, 0.15) is 12.6 Å². The minimum Gasteiger partial charge on any atom is -0.504 e. The number of alkyl carbamates (subject to hydrolysis) is 1. The molecule has 0 bridgehead atoms. The van der Waals surface area contributed by atoms with Crippen LogP contribution in [0.3, 0.4) is 0 Å². The number of aromatic hydroxyl groups is 1. The number of phenols is 1. The molecule has 25 heavy (non-hydrogen) atoms. The molecule has 0 heterocycles. The average molecular weight is 345 g/mol. The molecule has 7 heteroatoms. The van der Waals surface area contributed by atoms with E-state index in [9.17, 15) is 19.8 Å². The third-order valence-electron chi connectivity index (χ3n) is 3.53. The molecule has 1 atom stereocenters. The van der Waals surface area contributed by atoms with E-state index in [0.717, 1.165) is 5.56 Å². The van der Waals surface area contributed by atoms with Gasteiger partial charge in [-0.15, -0.1) is 0 Å². The second kappa shape index (κ2) is 8.58. The van der Waals surface area contributed by atoms with E-state index in [1.165, 1.54) is 7.11 Å². The molecule has 2 aromatic carbocycles. The van der Waals surface area contributed by atoms with Crippen LogP contribution in [0.5, 0.6) is 11.5 Å². The van der Waals surface area contributed by atoms with E-state index in [1.54, 1.807) is 30.3 Å². The van der Waals surface area contributed by atoms with Crippen LogP contribution >= 0.6 is 0 Å². The number of methoxy groups -OCH3 is 1. The van der Waals surface area contributed by atoms with Crippen molar-refractivity contribution in [1.82, 2.24) is 5.32 Å². The molecule has 2 aromatic rings. The van der Waals surface area contributed by atoms with Crippen LogP contribution in [0.25, 0.3) is 0 Å². The van der Waals surface area contributed by atoms with Gasteiger partial charge in [-0.1, -0.05) is 42.5 Å². The maximum Gasteiger partial charge on any atom is 0.408 e. The van der Waals surface area contributed by atoms with Crippen LogP contribution in [-0.4, -0.2) is 35.4 Å². The van der Waals surface area contributed by atoms with E-state index in [4.69, 9.17) is 9.47 Å². The van der Waals surface area contributed by atoms with Crippen LogP contribution in [0, 0.1) is 0 Å². The van der Waals surface area contributed by atoms with Crippen LogP contribution < -0.4 is 10.1 Å². The molecule has 0 radical (unpaired) electrons. The molecule has 0 fully saturated rings. The summed E-state index contributed by atoms with van der Waals surface area (Å²) in [5.41, 5.74) is 1.13. The molecule has 0 aliphatic carbocycles. The molecular formula is C18H19NO6. The maximum atomic E-state index is 11.8. The Balaban J connectivity index is 1.99. The first-order valence-corrected chi connectivity index (χ1v) is 7.56. The van der Waals surface area contributed by atoms with Gasteiger partial charge in [0.2, 0.25) is 0 Å². The number of hydrogen-bond acceptors (Lipinski definition) is 5. The van der Waals surface area contributed by atoms with Gasteiger partial charge in [-0.3, -0.25) is 0 Å². The molecule has 3 N–H and O–H groups in total. The van der Waals surface area contributed by atoms with Gasteiger partial charge in [0.15, 0.2) is 11.5 Å². The highest BCUT2D eigenvalue weighted by Gasteiger charge is 2.23. The van der Waals surface area contributed by atoms with E-state index in [2.05, 4.69) is 5.32 Å². The number of aliphatic carboxylic acids is 1. The van der Waals surface area contributed by atoms with Crippen LogP contribution in [0.1, 0.15) is 11.1 Å². The number of carbonyl (C=O) groups is 2. The van der Waals surface area contributed by atoms with Gasteiger partial charge in [-0.2, -0.15) is 0 Å².